The Hall–Kier alpha value is -1.30. The van der Waals surface area contributed by atoms with Crippen molar-refractivity contribution in [1.29, 1.82) is 0 Å². The number of nitrogens with two attached hydrogens (primary N) is 1. The number of nitrogens with zero attached hydrogens (tertiary/aromatic N) is 1. The maximum atomic E-state index is 11.6. The van der Waals surface area contributed by atoms with Crippen LogP contribution in [0.2, 0.25) is 0 Å². The molecule has 4 N–H and O–H groups in total. The minimum absolute atomic E-state index is 0.0178. The van der Waals surface area contributed by atoms with Crippen LogP contribution in [0.1, 0.15) is 33.1 Å². The molecular weight excluding hydrogens is 244 g/mol. The average molecular weight is 272 g/mol. The van der Waals surface area contributed by atoms with Gasteiger partial charge in [-0.1, -0.05) is 13.8 Å². The second kappa shape index (κ2) is 8.74. The summed E-state index contributed by atoms with van der Waals surface area (Å²) >= 11 is 0. The van der Waals surface area contributed by atoms with Crippen LogP contribution in [0.3, 0.4) is 0 Å². The van der Waals surface area contributed by atoms with Crippen LogP contribution < -0.4 is 16.4 Å². The van der Waals surface area contributed by atoms with Crippen LogP contribution in [0.25, 0.3) is 0 Å². The minimum atomic E-state index is -0.154. The van der Waals surface area contributed by atoms with E-state index in [1.54, 1.807) is 14.1 Å². The molecule has 0 aliphatic rings. The lowest BCUT2D eigenvalue weighted by Crippen LogP contribution is -2.39. The van der Waals surface area contributed by atoms with Crippen molar-refractivity contribution in [3.63, 3.8) is 0 Å². The minimum Gasteiger partial charge on any atom is -0.354 e. The molecule has 0 atom stereocenters. The number of hydrogen-bond donors (Lipinski definition) is 3. The second-order valence-electron chi connectivity index (χ2n) is 5.68. The van der Waals surface area contributed by atoms with Gasteiger partial charge in [-0.05, 0) is 24.8 Å². The Kier molecular flexibility index (Phi) is 8.14. The lowest BCUT2D eigenvalue weighted by atomic mass is 9.84. The van der Waals surface area contributed by atoms with Gasteiger partial charge in [0.1, 0.15) is 0 Å². The summed E-state index contributed by atoms with van der Waals surface area (Å²) in [5.74, 6) is 0.0178. The zero-order chi connectivity index (χ0) is 14.9. The van der Waals surface area contributed by atoms with E-state index in [-0.39, 0.29) is 17.4 Å². The zero-order valence-corrected chi connectivity index (χ0v) is 12.6. The topological polar surface area (TPSA) is 87.5 Å². The van der Waals surface area contributed by atoms with E-state index in [1.165, 1.54) is 4.90 Å². The standard InChI is InChI=1S/C13H28N4O2/c1-13(2,7-8-14)6-5-11(18)15-9-10-16-12(19)17(3)4/h5-10,14H2,1-4H3,(H,15,18)(H,16,19). The summed E-state index contributed by atoms with van der Waals surface area (Å²) in [6, 6.07) is -0.154. The molecule has 0 saturated carbocycles. The van der Waals surface area contributed by atoms with Gasteiger partial charge in [-0.2, -0.15) is 0 Å². The van der Waals surface area contributed by atoms with E-state index in [0.717, 1.165) is 12.8 Å². The molecule has 0 saturated heterocycles. The monoisotopic (exact) mass is 272 g/mol. The Morgan fingerprint density at radius 1 is 1.11 bits per heavy atom. The number of nitrogens with one attached hydrogen (secondary N) is 2. The molecule has 0 unspecified atom stereocenters. The number of rotatable bonds is 8. The molecule has 0 heterocycles. The number of urea groups is 1. The highest BCUT2D eigenvalue weighted by atomic mass is 16.2. The molecule has 0 fully saturated rings. The summed E-state index contributed by atoms with van der Waals surface area (Å²) in [6.07, 6.45) is 2.23. The van der Waals surface area contributed by atoms with Gasteiger partial charge in [0.05, 0.1) is 0 Å². The van der Waals surface area contributed by atoms with Crippen LogP contribution in [0, 0.1) is 5.41 Å². The van der Waals surface area contributed by atoms with Crippen molar-refractivity contribution < 1.29 is 9.59 Å². The molecule has 0 aromatic carbocycles. The lowest BCUT2D eigenvalue weighted by Gasteiger charge is -2.23. The highest BCUT2D eigenvalue weighted by Gasteiger charge is 2.18. The summed E-state index contributed by atoms with van der Waals surface area (Å²) < 4.78 is 0. The van der Waals surface area contributed by atoms with Crippen LogP contribution in [0.5, 0.6) is 0 Å². The van der Waals surface area contributed by atoms with Crippen molar-refractivity contribution in [3.05, 3.63) is 0 Å². The Morgan fingerprint density at radius 2 is 1.68 bits per heavy atom. The van der Waals surface area contributed by atoms with Crippen LogP contribution >= 0.6 is 0 Å². The van der Waals surface area contributed by atoms with Gasteiger partial charge in [-0.25, -0.2) is 4.79 Å². The van der Waals surface area contributed by atoms with E-state index in [2.05, 4.69) is 24.5 Å². The van der Waals surface area contributed by atoms with Crippen LogP contribution in [-0.2, 0) is 4.79 Å². The van der Waals surface area contributed by atoms with Gasteiger partial charge < -0.3 is 21.3 Å². The van der Waals surface area contributed by atoms with E-state index in [4.69, 9.17) is 5.73 Å². The van der Waals surface area contributed by atoms with Crippen LogP contribution in [-0.4, -0.2) is 50.6 Å². The molecule has 19 heavy (non-hydrogen) atoms. The predicted octanol–water partition coefficient (Wildman–Crippen LogP) is 0.529. The lowest BCUT2D eigenvalue weighted by molar-refractivity contribution is -0.121. The number of hydrogen-bond acceptors (Lipinski definition) is 3. The molecule has 0 spiro atoms. The molecule has 0 rings (SSSR count). The second-order valence-corrected chi connectivity index (χ2v) is 5.68. The first-order valence-corrected chi connectivity index (χ1v) is 6.70. The molecule has 3 amide bonds. The van der Waals surface area contributed by atoms with Gasteiger partial charge in [0, 0.05) is 33.6 Å². The maximum absolute atomic E-state index is 11.6. The smallest absolute Gasteiger partial charge is 0.316 e. The van der Waals surface area contributed by atoms with Crippen molar-refractivity contribution >= 4 is 11.9 Å². The average Bonchev–Trinajstić information content (AvgIpc) is 2.31. The molecule has 0 aromatic heterocycles. The molecule has 0 radical (unpaired) electrons. The van der Waals surface area contributed by atoms with Gasteiger partial charge in [-0.15, -0.1) is 0 Å². The third-order valence-corrected chi connectivity index (χ3v) is 2.98. The fraction of sp³-hybridized carbons (Fsp3) is 0.846. The number of carbonyl (C=O) groups excluding carboxylic acids is 2. The summed E-state index contributed by atoms with van der Waals surface area (Å²) in [5.41, 5.74) is 5.63. The molecule has 0 aliphatic heterocycles. The Bertz CT molecular complexity index is 290. The van der Waals surface area contributed by atoms with Crippen molar-refractivity contribution in [1.82, 2.24) is 15.5 Å². The van der Waals surface area contributed by atoms with Crippen LogP contribution in [0.15, 0.2) is 0 Å². The molecule has 0 bridgehead atoms. The van der Waals surface area contributed by atoms with E-state index in [1.807, 2.05) is 0 Å². The first kappa shape index (κ1) is 17.7. The fourth-order valence-corrected chi connectivity index (χ4v) is 1.59. The van der Waals surface area contributed by atoms with E-state index >= 15 is 0 Å². The normalized spacial score (nSPS) is 11.0. The van der Waals surface area contributed by atoms with E-state index in [0.29, 0.717) is 26.1 Å². The predicted molar refractivity (Wildman–Crippen MR) is 76.8 cm³/mol. The number of carbonyl (C=O) groups is 2. The first-order valence-electron chi connectivity index (χ1n) is 6.70. The van der Waals surface area contributed by atoms with Crippen molar-refractivity contribution in [2.24, 2.45) is 11.1 Å². The summed E-state index contributed by atoms with van der Waals surface area (Å²) in [4.78, 5) is 24.3. The van der Waals surface area contributed by atoms with Crippen molar-refractivity contribution in [3.8, 4) is 0 Å². The first-order chi connectivity index (χ1) is 8.78. The quantitative estimate of drug-likeness (QED) is 0.563. The van der Waals surface area contributed by atoms with E-state index in [9.17, 15) is 9.59 Å². The molecule has 112 valence electrons. The van der Waals surface area contributed by atoms with Gasteiger partial charge in [0.2, 0.25) is 5.91 Å². The molecular formula is C13H28N4O2. The van der Waals surface area contributed by atoms with Crippen LogP contribution in [0.4, 0.5) is 4.79 Å². The Morgan fingerprint density at radius 3 is 2.21 bits per heavy atom. The zero-order valence-electron chi connectivity index (χ0n) is 12.6. The van der Waals surface area contributed by atoms with E-state index < -0.39 is 0 Å². The van der Waals surface area contributed by atoms with Gasteiger partial charge in [-0.3, -0.25) is 4.79 Å². The summed E-state index contributed by atoms with van der Waals surface area (Å²) in [6.45, 7) is 5.77. The Labute approximate surface area is 116 Å². The SMILES string of the molecule is CN(C)C(=O)NCCNC(=O)CCC(C)(C)CCN. The largest absolute Gasteiger partial charge is 0.354 e. The molecule has 0 aliphatic carbocycles. The van der Waals surface area contributed by atoms with Gasteiger partial charge >= 0.3 is 6.03 Å². The van der Waals surface area contributed by atoms with Gasteiger partial charge in [0.25, 0.3) is 0 Å². The van der Waals surface area contributed by atoms with Gasteiger partial charge in [0.15, 0.2) is 0 Å². The van der Waals surface area contributed by atoms with Crippen molar-refractivity contribution in [2.45, 2.75) is 33.1 Å². The molecule has 6 nitrogen and oxygen atoms in total. The molecule has 6 heteroatoms. The van der Waals surface area contributed by atoms with Crippen molar-refractivity contribution in [2.75, 3.05) is 33.7 Å². The summed E-state index contributed by atoms with van der Waals surface area (Å²) in [5, 5.41) is 5.47. The highest BCUT2D eigenvalue weighted by molar-refractivity contribution is 5.76. The highest BCUT2D eigenvalue weighted by Crippen LogP contribution is 2.25. The Balaban J connectivity index is 3.68. The fourth-order valence-electron chi connectivity index (χ4n) is 1.59. The third kappa shape index (κ3) is 9.30. The number of amides is 3. The summed E-state index contributed by atoms with van der Waals surface area (Å²) in [7, 11) is 3.35. The third-order valence-electron chi connectivity index (χ3n) is 2.98. The maximum Gasteiger partial charge on any atom is 0.316 e. The molecule has 0 aromatic rings.